The molecule has 0 aliphatic heterocycles. The van der Waals surface area contributed by atoms with Gasteiger partial charge in [0.1, 0.15) is 6.04 Å². The van der Waals surface area contributed by atoms with Crippen molar-refractivity contribution in [3.8, 4) is 6.07 Å². The van der Waals surface area contributed by atoms with E-state index in [9.17, 15) is 0 Å². The maximum Gasteiger partial charge on any atom is 0.132 e. The summed E-state index contributed by atoms with van der Waals surface area (Å²) in [5, 5.41) is 11.8. The lowest BCUT2D eigenvalue weighted by Gasteiger charge is -2.05. The molecule has 1 unspecified atom stereocenters. The van der Waals surface area contributed by atoms with E-state index in [4.69, 9.17) is 5.26 Å². The third-order valence-corrected chi connectivity index (χ3v) is 2.17. The monoisotopic (exact) mass is 179 g/mol. The van der Waals surface area contributed by atoms with Crippen LogP contribution in [0.3, 0.4) is 0 Å². The molecule has 0 saturated heterocycles. The highest BCUT2D eigenvalue weighted by molar-refractivity contribution is 7.09. The van der Waals surface area contributed by atoms with Gasteiger partial charge in [0.25, 0.3) is 0 Å². The molecule has 1 rings (SSSR count). The molecular formula is C8H9N3S. The molecule has 0 radical (unpaired) electrons. The summed E-state index contributed by atoms with van der Waals surface area (Å²) in [5.41, 5.74) is 1.72. The van der Waals surface area contributed by atoms with E-state index in [1.807, 2.05) is 0 Å². The van der Waals surface area contributed by atoms with Crippen LogP contribution in [0.1, 0.15) is 10.9 Å². The highest BCUT2D eigenvalue weighted by atomic mass is 32.1. The maximum atomic E-state index is 8.76. The Kier molecular flexibility index (Phi) is 3.45. The molecule has 4 heteroatoms. The first-order chi connectivity index (χ1) is 5.88. The normalized spacial score (nSPS) is 11.9. The average molecular weight is 179 g/mol. The molecule has 1 N–H and O–H groups in total. The fraction of sp³-hybridized carbons (Fsp3) is 0.250. The van der Waals surface area contributed by atoms with Gasteiger partial charge in [-0.2, -0.15) is 5.26 Å². The summed E-state index contributed by atoms with van der Waals surface area (Å²) in [6.45, 7) is 4.20. The Hall–Kier alpha value is -1.18. The minimum Gasteiger partial charge on any atom is -0.294 e. The van der Waals surface area contributed by atoms with Gasteiger partial charge in [-0.05, 0) is 0 Å². The van der Waals surface area contributed by atoms with Gasteiger partial charge < -0.3 is 0 Å². The van der Waals surface area contributed by atoms with E-state index in [1.165, 1.54) is 11.3 Å². The first-order valence-corrected chi connectivity index (χ1v) is 4.38. The van der Waals surface area contributed by atoms with Crippen LogP contribution >= 0.6 is 11.3 Å². The summed E-state index contributed by atoms with van der Waals surface area (Å²) >= 11 is 1.48. The number of aromatic nitrogens is 1. The smallest absolute Gasteiger partial charge is 0.132 e. The van der Waals surface area contributed by atoms with Crippen LogP contribution in [0.4, 0.5) is 0 Å². The van der Waals surface area contributed by atoms with E-state index in [0.717, 1.165) is 4.88 Å². The summed E-state index contributed by atoms with van der Waals surface area (Å²) in [6.07, 6.45) is 3.43. The fourth-order valence-electron chi connectivity index (χ4n) is 0.779. The van der Waals surface area contributed by atoms with Gasteiger partial charge in [-0.3, -0.25) is 10.3 Å². The summed E-state index contributed by atoms with van der Waals surface area (Å²) in [7, 11) is 0. The predicted molar refractivity (Wildman–Crippen MR) is 48.7 cm³/mol. The topological polar surface area (TPSA) is 48.7 Å². The minimum absolute atomic E-state index is 0.254. The highest BCUT2D eigenvalue weighted by Gasteiger charge is 2.09. The Morgan fingerprint density at radius 1 is 1.92 bits per heavy atom. The third-order valence-electron chi connectivity index (χ3n) is 1.33. The number of rotatable bonds is 4. The summed E-state index contributed by atoms with van der Waals surface area (Å²) in [4.78, 5) is 4.84. The number of hydrogen-bond donors (Lipinski definition) is 1. The van der Waals surface area contributed by atoms with Crippen LogP contribution in [0.15, 0.2) is 24.4 Å². The highest BCUT2D eigenvalue weighted by Crippen LogP contribution is 2.15. The van der Waals surface area contributed by atoms with Gasteiger partial charge in [0.05, 0.1) is 16.5 Å². The van der Waals surface area contributed by atoms with Crippen LogP contribution < -0.4 is 5.32 Å². The standard InChI is InChI=1S/C8H9N3S/c1-2-3-11-7(4-9)8-5-10-6-12-8/h2,5-7,11H,1,3H2. The van der Waals surface area contributed by atoms with Crippen molar-refractivity contribution in [3.63, 3.8) is 0 Å². The third kappa shape index (κ3) is 2.16. The zero-order valence-electron chi connectivity index (χ0n) is 6.53. The van der Waals surface area contributed by atoms with Crippen LogP contribution in [0.25, 0.3) is 0 Å². The SMILES string of the molecule is C=CCNC(C#N)c1cncs1. The van der Waals surface area contributed by atoms with E-state index in [1.54, 1.807) is 17.8 Å². The van der Waals surface area contributed by atoms with Gasteiger partial charge in [-0.25, -0.2) is 0 Å². The van der Waals surface area contributed by atoms with Gasteiger partial charge >= 0.3 is 0 Å². The Morgan fingerprint density at radius 2 is 2.75 bits per heavy atom. The van der Waals surface area contributed by atoms with Crippen molar-refractivity contribution in [2.24, 2.45) is 0 Å². The Bertz CT molecular complexity index is 273. The molecule has 62 valence electrons. The number of hydrogen-bond acceptors (Lipinski definition) is 4. The Labute approximate surface area is 75.4 Å². The second-order valence-electron chi connectivity index (χ2n) is 2.16. The molecule has 0 aliphatic rings. The van der Waals surface area contributed by atoms with Crippen LogP contribution in [0, 0.1) is 11.3 Å². The van der Waals surface area contributed by atoms with E-state index >= 15 is 0 Å². The lowest BCUT2D eigenvalue weighted by atomic mass is 10.3. The lowest BCUT2D eigenvalue weighted by molar-refractivity contribution is 0.692. The Morgan fingerprint density at radius 3 is 3.25 bits per heavy atom. The summed E-state index contributed by atoms with van der Waals surface area (Å²) in [5.74, 6) is 0. The summed E-state index contributed by atoms with van der Waals surface area (Å²) in [6, 6.07) is 1.90. The van der Waals surface area contributed by atoms with Crippen molar-refractivity contribution < 1.29 is 0 Å². The van der Waals surface area contributed by atoms with Crippen molar-refractivity contribution in [3.05, 3.63) is 29.2 Å². The second-order valence-corrected chi connectivity index (χ2v) is 3.08. The molecule has 0 fully saturated rings. The number of nitriles is 1. The van der Waals surface area contributed by atoms with Crippen LogP contribution in [-0.4, -0.2) is 11.5 Å². The fourth-order valence-corrected chi connectivity index (χ4v) is 1.42. The van der Waals surface area contributed by atoms with E-state index in [0.29, 0.717) is 6.54 Å². The average Bonchev–Trinajstić information content (AvgIpc) is 2.59. The summed E-state index contributed by atoms with van der Waals surface area (Å²) < 4.78 is 0. The van der Waals surface area contributed by atoms with Gasteiger partial charge in [0.2, 0.25) is 0 Å². The van der Waals surface area contributed by atoms with Crippen molar-refractivity contribution in [2.75, 3.05) is 6.54 Å². The molecule has 1 aromatic heterocycles. The molecule has 12 heavy (non-hydrogen) atoms. The molecule has 0 spiro atoms. The van der Waals surface area contributed by atoms with Gasteiger partial charge in [0, 0.05) is 12.7 Å². The number of nitrogens with zero attached hydrogens (tertiary/aromatic N) is 2. The van der Waals surface area contributed by atoms with Crippen molar-refractivity contribution in [2.45, 2.75) is 6.04 Å². The van der Waals surface area contributed by atoms with Gasteiger partial charge in [0.15, 0.2) is 0 Å². The van der Waals surface area contributed by atoms with E-state index in [2.05, 4.69) is 22.9 Å². The molecule has 0 aliphatic carbocycles. The Balaban J connectivity index is 2.59. The largest absolute Gasteiger partial charge is 0.294 e. The molecule has 3 nitrogen and oxygen atoms in total. The minimum atomic E-state index is -0.254. The predicted octanol–water partition coefficient (Wildman–Crippen LogP) is 1.48. The molecule has 1 aromatic rings. The number of thiazole rings is 1. The van der Waals surface area contributed by atoms with Crippen LogP contribution in [-0.2, 0) is 0 Å². The molecule has 0 amide bonds. The zero-order chi connectivity index (χ0) is 8.81. The van der Waals surface area contributed by atoms with Crippen LogP contribution in [0.2, 0.25) is 0 Å². The molecule has 0 aromatic carbocycles. The van der Waals surface area contributed by atoms with Crippen molar-refractivity contribution in [1.29, 1.82) is 5.26 Å². The van der Waals surface area contributed by atoms with Crippen molar-refractivity contribution in [1.82, 2.24) is 10.3 Å². The quantitative estimate of drug-likeness (QED) is 0.712. The molecule has 0 saturated carbocycles. The van der Waals surface area contributed by atoms with Crippen molar-refractivity contribution >= 4 is 11.3 Å². The molecule has 0 bridgehead atoms. The van der Waals surface area contributed by atoms with Gasteiger partial charge in [-0.15, -0.1) is 17.9 Å². The number of nitrogens with one attached hydrogen (secondary N) is 1. The molecule has 1 heterocycles. The second kappa shape index (κ2) is 4.65. The zero-order valence-corrected chi connectivity index (χ0v) is 7.34. The maximum absolute atomic E-state index is 8.76. The first-order valence-electron chi connectivity index (χ1n) is 3.50. The van der Waals surface area contributed by atoms with Gasteiger partial charge in [-0.1, -0.05) is 6.08 Å². The van der Waals surface area contributed by atoms with Crippen LogP contribution in [0.5, 0.6) is 0 Å². The van der Waals surface area contributed by atoms with E-state index in [-0.39, 0.29) is 6.04 Å². The molecular weight excluding hydrogens is 170 g/mol. The van der Waals surface area contributed by atoms with E-state index < -0.39 is 0 Å². The lowest BCUT2D eigenvalue weighted by Crippen LogP contribution is -2.18. The first kappa shape index (κ1) is 8.91. The molecule has 1 atom stereocenters.